The van der Waals surface area contributed by atoms with E-state index in [1.165, 1.54) is 25.7 Å². The molecule has 0 bridgehead atoms. The third-order valence-corrected chi connectivity index (χ3v) is 3.31. The summed E-state index contributed by atoms with van der Waals surface area (Å²) in [7, 11) is 0. The van der Waals surface area contributed by atoms with Gasteiger partial charge in [-0.1, -0.05) is 18.5 Å². The van der Waals surface area contributed by atoms with Gasteiger partial charge in [-0.15, -0.1) is 0 Å². The summed E-state index contributed by atoms with van der Waals surface area (Å²) in [6.07, 6.45) is 5.23. The van der Waals surface area contributed by atoms with Gasteiger partial charge in [0.2, 0.25) is 0 Å². The SMILES string of the molecule is CCC1(CNc2nc(C)no2)CCC1. The fraction of sp³-hybridized carbons (Fsp3) is 0.800. The number of hydrogen-bond donors (Lipinski definition) is 1. The molecule has 0 aliphatic heterocycles. The van der Waals surface area contributed by atoms with E-state index in [-0.39, 0.29) is 0 Å². The largest absolute Gasteiger partial charge is 0.337 e. The van der Waals surface area contributed by atoms with Gasteiger partial charge in [-0.05, 0) is 31.6 Å². The second-order valence-corrected chi connectivity index (χ2v) is 4.21. The quantitative estimate of drug-likeness (QED) is 0.801. The number of nitrogens with zero attached hydrogens (tertiary/aromatic N) is 2. The summed E-state index contributed by atoms with van der Waals surface area (Å²) in [5.41, 5.74) is 0.488. The van der Waals surface area contributed by atoms with Gasteiger partial charge in [0.05, 0.1) is 0 Å². The highest BCUT2D eigenvalue weighted by Gasteiger charge is 2.35. The Balaban J connectivity index is 1.87. The number of hydrogen-bond acceptors (Lipinski definition) is 4. The molecule has 4 nitrogen and oxygen atoms in total. The molecule has 78 valence electrons. The Bertz CT molecular complexity index is 299. The summed E-state index contributed by atoms with van der Waals surface area (Å²) in [5.74, 6) is 0.687. The van der Waals surface area contributed by atoms with Crippen LogP contribution in [0.4, 0.5) is 6.01 Å². The molecular formula is C10H17N3O. The van der Waals surface area contributed by atoms with Gasteiger partial charge in [0, 0.05) is 6.54 Å². The van der Waals surface area contributed by atoms with E-state index in [0.717, 1.165) is 6.54 Å². The molecule has 0 spiro atoms. The number of aryl methyl sites for hydroxylation is 1. The van der Waals surface area contributed by atoms with E-state index in [0.29, 0.717) is 17.3 Å². The van der Waals surface area contributed by atoms with Crippen LogP contribution in [0.25, 0.3) is 0 Å². The van der Waals surface area contributed by atoms with Crippen molar-refractivity contribution in [3.63, 3.8) is 0 Å². The minimum absolute atomic E-state index is 0.488. The topological polar surface area (TPSA) is 51.0 Å². The van der Waals surface area contributed by atoms with Crippen LogP contribution in [0, 0.1) is 12.3 Å². The molecule has 0 atom stereocenters. The van der Waals surface area contributed by atoms with Crippen LogP contribution in [0.3, 0.4) is 0 Å². The van der Waals surface area contributed by atoms with E-state index in [9.17, 15) is 0 Å². The van der Waals surface area contributed by atoms with Crippen molar-refractivity contribution in [3.05, 3.63) is 5.82 Å². The Morgan fingerprint density at radius 1 is 1.50 bits per heavy atom. The molecular weight excluding hydrogens is 178 g/mol. The lowest BCUT2D eigenvalue weighted by Crippen LogP contribution is -2.35. The molecule has 14 heavy (non-hydrogen) atoms. The molecule has 1 fully saturated rings. The van der Waals surface area contributed by atoms with Gasteiger partial charge in [0.15, 0.2) is 5.82 Å². The number of anilines is 1. The fourth-order valence-electron chi connectivity index (χ4n) is 1.96. The maximum atomic E-state index is 5.00. The van der Waals surface area contributed by atoms with Gasteiger partial charge in [-0.2, -0.15) is 4.98 Å². The van der Waals surface area contributed by atoms with Crippen LogP contribution < -0.4 is 5.32 Å². The monoisotopic (exact) mass is 195 g/mol. The Kier molecular flexibility index (Phi) is 2.44. The van der Waals surface area contributed by atoms with Gasteiger partial charge in [0.1, 0.15) is 0 Å². The zero-order valence-corrected chi connectivity index (χ0v) is 8.84. The van der Waals surface area contributed by atoms with Gasteiger partial charge in [0.25, 0.3) is 0 Å². The maximum absolute atomic E-state index is 5.00. The predicted molar refractivity (Wildman–Crippen MR) is 54.1 cm³/mol. The highest BCUT2D eigenvalue weighted by atomic mass is 16.5. The summed E-state index contributed by atoms with van der Waals surface area (Å²) < 4.78 is 5.00. The number of aromatic nitrogens is 2. The summed E-state index contributed by atoms with van der Waals surface area (Å²) in [5, 5.41) is 6.96. The van der Waals surface area contributed by atoms with Crippen LogP contribution >= 0.6 is 0 Å². The molecule has 1 aromatic heterocycles. The van der Waals surface area contributed by atoms with E-state index < -0.39 is 0 Å². The summed E-state index contributed by atoms with van der Waals surface area (Å²) in [6, 6.07) is 0.558. The third-order valence-electron chi connectivity index (χ3n) is 3.31. The van der Waals surface area contributed by atoms with Crippen LogP contribution in [-0.2, 0) is 0 Å². The molecule has 1 aromatic rings. The van der Waals surface area contributed by atoms with E-state index in [2.05, 4.69) is 22.4 Å². The minimum atomic E-state index is 0.488. The highest BCUT2D eigenvalue weighted by Crippen LogP contribution is 2.43. The first-order valence-corrected chi connectivity index (χ1v) is 5.28. The van der Waals surface area contributed by atoms with Crippen molar-refractivity contribution >= 4 is 6.01 Å². The van der Waals surface area contributed by atoms with Crippen molar-refractivity contribution in [2.45, 2.75) is 39.5 Å². The lowest BCUT2D eigenvalue weighted by molar-refractivity contribution is 0.143. The fourth-order valence-corrected chi connectivity index (χ4v) is 1.96. The Morgan fingerprint density at radius 2 is 2.29 bits per heavy atom. The van der Waals surface area contributed by atoms with Crippen molar-refractivity contribution < 1.29 is 4.52 Å². The Hall–Kier alpha value is -1.06. The molecule has 0 amide bonds. The Morgan fingerprint density at radius 3 is 2.71 bits per heavy atom. The molecule has 1 aliphatic rings. The number of rotatable bonds is 4. The Labute approximate surface area is 84.1 Å². The van der Waals surface area contributed by atoms with E-state index >= 15 is 0 Å². The molecule has 4 heteroatoms. The molecule has 0 saturated heterocycles. The average molecular weight is 195 g/mol. The number of nitrogens with one attached hydrogen (secondary N) is 1. The smallest absolute Gasteiger partial charge is 0.321 e. The first kappa shape index (κ1) is 9.49. The molecule has 1 N–H and O–H groups in total. The van der Waals surface area contributed by atoms with Crippen molar-refractivity contribution in [3.8, 4) is 0 Å². The molecule has 0 unspecified atom stereocenters. The van der Waals surface area contributed by atoms with E-state index in [4.69, 9.17) is 4.52 Å². The molecule has 1 heterocycles. The lowest BCUT2D eigenvalue weighted by Gasteiger charge is -2.41. The summed E-state index contributed by atoms with van der Waals surface area (Å²) >= 11 is 0. The normalized spacial score (nSPS) is 19.0. The summed E-state index contributed by atoms with van der Waals surface area (Å²) in [6.45, 7) is 5.04. The van der Waals surface area contributed by atoms with Gasteiger partial charge < -0.3 is 9.84 Å². The summed E-state index contributed by atoms with van der Waals surface area (Å²) in [4.78, 5) is 4.12. The van der Waals surface area contributed by atoms with Crippen molar-refractivity contribution in [1.82, 2.24) is 10.1 Å². The van der Waals surface area contributed by atoms with Crippen molar-refractivity contribution in [2.24, 2.45) is 5.41 Å². The molecule has 1 saturated carbocycles. The highest BCUT2D eigenvalue weighted by molar-refractivity contribution is 5.19. The second kappa shape index (κ2) is 3.59. The van der Waals surface area contributed by atoms with Crippen LogP contribution in [0.2, 0.25) is 0 Å². The van der Waals surface area contributed by atoms with Crippen LogP contribution in [0.15, 0.2) is 4.52 Å². The first-order chi connectivity index (χ1) is 6.74. The molecule has 0 radical (unpaired) electrons. The predicted octanol–water partition coefficient (Wildman–Crippen LogP) is 2.37. The first-order valence-electron chi connectivity index (χ1n) is 5.28. The van der Waals surface area contributed by atoms with Gasteiger partial charge >= 0.3 is 6.01 Å². The molecule has 2 rings (SSSR count). The molecule has 0 aromatic carbocycles. The van der Waals surface area contributed by atoms with E-state index in [1.807, 2.05) is 6.92 Å². The zero-order chi connectivity index (χ0) is 10.0. The zero-order valence-electron chi connectivity index (χ0n) is 8.84. The lowest BCUT2D eigenvalue weighted by atomic mass is 9.67. The van der Waals surface area contributed by atoms with Gasteiger partial charge in [-0.3, -0.25) is 0 Å². The second-order valence-electron chi connectivity index (χ2n) is 4.21. The maximum Gasteiger partial charge on any atom is 0.321 e. The van der Waals surface area contributed by atoms with Crippen LogP contribution in [-0.4, -0.2) is 16.7 Å². The van der Waals surface area contributed by atoms with E-state index in [1.54, 1.807) is 0 Å². The average Bonchev–Trinajstić information content (AvgIpc) is 2.50. The van der Waals surface area contributed by atoms with Crippen molar-refractivity contribution in [2.75, 3.05) is 11.9 Å². The third kappa shape index (κ3) is 1.74. The minimum Gasteiger partial charge on any atom is -0.337 e. The van der Waals surface area contributed by atoms with Gasteiger partial charge in [-0.25, -0.2) is 0 Å². The molecule has 1 aliphatic carbocycles. The van der Waals surface area contributed by atoms with Crippen molar-refractivity contribution in [1.29, 1.82) is 0 Å². The van der Waals surface area contributed by atoms with Crippen LogP contribution in [0.1, 0.15) is 38.4 Å². The van der Waals surface area contributed by atoms with Crippen LogP contribution in [0.5, 0.6) is 0 Å². The standard InChI is InChI=1S/C10H17N3O/c1-3-10(5-4-6-10)7-11-9-12-8(2)13-14-9/h3-7H2,1-2H3,(H,11,12,13).